The van der Waals surface area contributed by atoms with Gasteiger partial charge in [-0.2, -0.15) is 0 Å². The molecular weight excluding hydrogens is 320 g/mol. The quantitative estimate of drug-likeness (QED) is 0.754. The van der Waals surface area contributed by atoms with Gasteiger partial charge in [-0.1, -0.05) is 12.1 Å². The highest BCUT2D eigenvalue weighted by Crippen LogP contribution is 2.39. The van der Waals surface area contributed by atoms with Crippen LogP contribution in [0.2, 0.25) is 0 Å². The van der Waals surface area contributed by atoms with Crippen LogP contribution >= 0.6 is 0 Å². The zero-order valence-electron chi connectivity index (χ0n) is 15.2. The number of methoxy groups -OCH3 is 4. The fraction of sp³-hybridized carbons (Fsp3) is 0.400. The van der Waals surface area contributed by atoms with E-state index in [1.807, 2.05) is 36.4 Å². The summed E-state index contributed by atoms with van der Waals surface area (Å²) in [5, 5.41) is 9.98. The lowest BCUT2D eigenvalue weighted by molar-refractivity contribution is 0.251. The van der Waals surface area contributed by atoms with Crippen molar-refractivity contribution in [1.82, 2.24) is 0 Å². The predicted molar refractivity (Wildman–Crippen MR) is 97.2 cm³/mol. The molecule has 2 aromatic carbocycles. The minimum absolute atomic E-state index is 0.00576. The molecule has 0 spiro atoms. The van der Waals surface area contributed by atoms with Crippen molar-refractivity contribution in [2.45, 2.75) is 18.8 Å². The molecule has 0 saturated heterocycles. The van der Waals surface area contributed by atoms with Crippen LogP contribution in [0.3, 0.4) is 0 Å². The van der Waals surface area contributed by atoms with Crippen molar-refractivity contribution in [3.05, 3.63) is 47.5 Å². The molecule has 0 aliphatic carbocycles. The molecule has 5 heteroatoms. The van der Waals surface area contributed by atoms with Crippen molar-refractivity contribution >= 4 is 0 Å². The van der Waals surface area contributed by atoms with Crippen LogP contribution in [0, 0.1) is 0 Å². The van der Waals surface area contributed by atoms with E-state index < -0.39 is 0 Å². The SMILES string of the molecule is COc1cccc(OC)c1CCC(CO)c1c(OC)cccc1OC. The van der Waals surface area contributed by atoms with E-state index in [4.69, 9.17) is 18.9 Å². The molecular formula is C20H26O5. The fourth-order valence-electron chi connectivity index (χ4n) is 3.10. The lowest BCUT2D eigenvalue weighted by Crippen LogP contribution is -2.10. The Hall–Kier alpha value is -2.40. The minimum Gasteiger partial charge on any atom is -0.496 e. The van der Waals surface area contributed by atoms with E-state index in [1.54, 1.807) is 28.4 Å². The molecule has 25 heavy (non-hydrogen) atoms. The normalized spacial score (nSPS) is 11.7. The molecule has 0 saturated carbocycles. The van der Waals surface area contributed by atoms with Crippen molar-refractivity contribution in [2.24, 2.45) is 0 Å². The maximum absolute atomic E-state index is 9.98. The number of benzene rings is 2. The van der Waals surface area contributed by atoms with Crippen LogP contribution < -0.4 is 18.9 Å². The Balaban J connectivity index is 2.31. The second kappa shape index (κ2) is 9.18. The molecule has 0 aromatic heterocycles. The third kappa shape index (κ3) is 4.17. The molecule has 0 fully saturated rings. The summed E-state index contributed by atoms with van der Waals surface area (Å²) in [6.45, 7) is -0.00576. The van der Waals surface area contributed by atoms with Gasteiger partial charge < -0.3 is 24.1 Å². The first kappa shape index (κ1) is 18.9. The van der Waals surface area contributed by atoms with Gasteiger partial charge in [-0.3, -0.25) is 0 Å². The van der Waals surface area contributed by atoms with Gasteiger partial charge in [0, 0.05) is 17.0 Å². The van der Waals surface area contributed by atoms with Gasteiger partial charge in [0.15, 0.2) is 0 Å². The molecule has 2 rings (SSSR count). The average Bonchev–Trinajstić information content (AvgIpc) is 2.67. The number of rotatable bonds is 9. The smallest absolute Gasteiger partial charge is 0.126 e. The summed E-state index contributed by atoms with van der Waals surface area (Å²) in [6, 6.07) is 11.4. The summed E-state index contributed by atoms with van der Waals surface area (Å²) in [5.74, 6) is 2.86. The highest BCUT2D eigenvalue weighted by atomic mass is 16.5. The van der Waals surface area contributed by atoms with Gasteiger partial charge in [-0.05, 0) is 37.1 Å². The molecule has 5 nitrogen and oxygen atoms in total. The van der Waals surface area contributed by atoms with Crippen LogP contribution in [-0.2, 0) is 6.42 Å². The standard InChI is InChI=1S/C20H26O5/c1-22-16-7-5-8-17(23-2)15(16)12-11-14(13-21)20-18(24-3)9-6-10-19(20)25-4/h5-10,14,21H,11-13H2,1-4H3. The first-order valence-electron chi connectivity index (χ1n) is 8.21. The lowest BCUT2D eigenvalue weighted by atomic mass is 9.91. The first-order chi connectivity index (χ1) is 12.2. The van der Waals surface area contributed by atoms with Gasteiger partial charge >= 0.3 is 0 Å². The summed E-state index contributed by atoms with van der Waals surface area (Å²) in [5.41, 5.74) is 1.86. The monoisotopic (exact) mass is 346 g/mol. The molecule has 2 aromatic rings. The van der Waals surface area contributed by atoms with E-state index in [0.29, 0.717) is 24.3 Å². The van der Waals surface area contributed by atoms with Crippen LogP contribution in [-0.4, -0.2) is 40.2 Å². The van der Waals surface area contributed by atoms with Crippen LogP contribution in [0.1, 0.15) is 23.5 Å². The Bertz CT molecular complexity index is 639. The van der Waals surface area contributed by atoms with Gasteiger partial charge in [0.1, 0.15) is 23.0 Å². The Kier molecular flexibility index (Phi) is 6.95. The topological polar surface area (TPSA) is 57.2 Å². The highest BCUT2D eigenvalue weighted by Gasteiger charge is 2.22. The summed E-state index contributed by atoms with van der Waals surface area (Å²) < 4.78 is 21.9. The van der Waals surface area contributed by atoms with E-state index in [9.17, 15) is 5.11 Å². The Morgan fingerprint density at radius 2 is 1.20 bits per heavy atom. The Morgan fingerprint density at radius 1 is 0.760 bits per heavy atom. The van der Waals surface area contributed by atoms with E-state index in [0.717, 1.165) is 22.6 Å². The summed E-state index contributed by atoms with van der Waals surface area (Å²) >= 11 is 0. The molecule has 0 aliphatic rings. The van der Waals surface area contributed by atoms with Crippen molar-refractivity contribution in [2.75, 3.05) is 35.0 Å². The van der Waals surface area contributed by atoms with Gasteiger partial charge in [0.25, 0.3) is 0 Å². The second-order valence-electron chi connectivity index (χ2n) is 5.64. The third-order valence-corrected chi connectivity index (χ3v) is 4.37. The van der Waals surface area contributed by atoms with Crippen molar-refractivity contribution in [3.8, 4) is 23.0 Å². The molecule has 0 radical (unpaired) electrons. The lowest BCUT2D eigenvalue weighted by Gasteiger charge is -2.21. The van der Waals surface area contributed by atoms with Crippen LogP contribution in [0.5, 0.6) is 23.0 Å². The second-order valence-corrected chi connectivity index (χ2v) is 5.64. The molecule has 136 valence electrons. The largest absolute Gasteiger partial charge is 0.496 e. The molecule has 0 heterocycles. The molecule has 1 atom stereocenters. The molecule has 0 aliphatic heterocycles. The highest BCUT2D eigenvalue weighted by molar-refractivity contribution is 5.48. The van der Waals surface area contributed by atoms with Crippen molar-refractivity contribution in [1.29, 1.82) is 0 Å². The summed E-state index contributed by atoms with van der Waals surface area (Å²) in [7, 11) is 6.53. The van der Waals surface area contributed by atoms with Gasteiger partial charge in [-0.25, -0.2) is 0 Å². The van der Waals surface area contributed by atoms with E-state index >= 15 is 0 Å². The number of hydrogen-bond acceptors (Lipinski definition) is 5. The van der Waals surface area contributed by atoms with E-state index in [2.05, 4.69) is 0 Å². The molecule has 1 unspecified atom stereocenters. The Morgan fingerprint density at radius 3 is 1.60 bits per heavy atom. The van der Waals surface area contributed by atoms with Crippen LogP contribution in [0.4, 0.5) is 0 Å². The van der Waals surface area contributed by atoms with E-state index in [-0.39, 0.29) is 12.5 Å². The number of ether oxygens (including phenoxy) is 4. The zero-order chi connectivity index (χ0) is 18.2. The Labute approximate surface area is 149 Å². The third-order valence-electron chi connectivity index (χ3n) is 4.37. The fourth-order valence-corrected chi connectivity index (χ4v) is 3.10. The maximum Gasteiger partial charge on any atom is 0.126 e. The van der Waals surface area contributed by atoms with Crippen molar-refractivity contribution in [3.63, 3.8) is 0 Å². The van der Waals surface area contributed by atoms with Gasteiger partial charge in [0.05, 0.1) is 35.0 Å². The maximum atomic E-state index is 9.98. The molecule has 0 amide bonds. The number of aliphatic hydroxyl groups excluding tert-OH is 1. The minimum atomic E-state index is -0.124. The summed E-state index contributed by atoms with van der Waals surface area (Å²) in [4.78, 5) is 0. The number of hydrogen-bond donors (Lipinski definition) is 1. The van der Waals surface area contributed by atoms with Crippen LogP contribution in [0.15, 0.2) is 36.4 Å². The average molecular weight is 346 g/mol. The first-order valence-corrected chi connectivity index (χ1v) is 8.21. The van der Waals surface area contributed by atoms with Gasteiger partial charge in [-0.15, -0.1) is 0 Å². The molecule has 1 N–H and O–H groups in total. The van der Waals surface area contributed by atoms with Crippen molar-refractivity contribution < 1.29 is 24.1 Å². The number of aliphatic hydroxyl groups is 1. The zero-order valence-corrected chi connectivity index (χ0v) is 15.2. The van der Waals surface area contributed by atoms with E-state index in [1.165, 1.54) is 0 Å². The van der Waals surface area contributed by atoms with Crippen LogP contribution in [0.25, 0.3) is 0 Å². The van der Waals surface area contributed by atoms with Gasteiger partial charge in [0.2, 0.25) is 0 Å². The predicted octanol–water partition coefficient (Wildman–Crippen LogP) is 3.43. The molecule has 0 bridgehead atoms. The summed E-state index contributed by atoms with van der Waals surface area (Å²) in [6.07, 6.45) is 1.39.